The number of aliphatic imine (C=N–C) groups is 1. The predicted octanol–water partition coefficient (Wildman–Crippen LogP) is 1.49. The van der Waals surface area contributed by atoms with Crippen molar-refractivity contribution >= 4 is 11.9 Å². The number of nitrogens with zero attached hydrogens (tertiary/aromatic N) is 1. The number of rotatable bonds is 15. The minimum atomic E-state index is -0.0532. The number of hydrogen-bond acceptors (Lipinski definition) is 5. The largest absolute Gasteiger partial charge is 0.484 e. The normalized spacial score (nSPS) is 13.7. The van der Waals surface area contributed by atoms with Gasteiger partial charge in [0.2, 0.25) is 0 Å². The molecule has 0 radical (unpaired) electrons. The number of carbonyl (C=O) groups excluding carboxylic acids is 1. The molecule has 8 heteroatoms. The maximum Gasteiger partial charge on any atom is 0.258 e. The molecular weight excluding hydrogens is 384 g/mol. The first-order valence-electron chi connectivity index (χ1n) is 10.8. The van der Waals surface area contributed by atoms with Crippen LogP contribution in [0.5, 0.6) is 5.75 Å². The Kier molecular flexibility index (Phi) is 11.7. The molecular formula is C22H36N4O4. The van der Waals surface area contributed by atoms with Crippen molar-refractivity contribution in [2.45, 2.75) is 38.6 Å². The minimum absolute atomic E-state index is 0.0532. The van der Waals surface area contributed by atoms with E-state index in [0.717, 1.165) is 44.7 Å². The molecule has 168 valence electrons. The van der Waals surface area contributed by atoms with E-state index in [1.165, 1.54) is 5.56 Å². The lowest BCUT2D eigenvalue weighted by molar-refractivity contribution is -0.123. The molecule has 8 nitrogen and oxygen atoms in total. The maximum atomic E-state index is 11.7. The molecule has 2 rings (SSSR count). The highest BCUT2D eigenvalue weighted by Gasteiger charge is 2.23. The third kappa shape index (κ3) is 11.0. The van der Waals surface area contributed by atoms with Crippen molar-refractivity contribution in [1.29, 1.82) is 0 Å². The van der Waals surface area contributed by atoms with Crippen LogP contribution in [0.3, 0.4) is 0 Å². The van der Waals surface area contributed by atoms with Gasteiger partial charge in [0.15, 0.2) is 12.6 Å². The summed E-state index contributed by atoms with van der Waals surface area (Å²) in [5, 5.41) is 9.52. The summed E-state index contributed by atoms with van der Waals surface area (Å²) in [6, 6.07) is 8.22. The first-order chi connectivity index (χ1) is 14.7. The van der Waals surface area contributed by atoms with Crippen LogP contribution in [0.15, 0.2) is 29.3 Å². The highest BCUT2D eigenvalue weighted by molar-refractivity contribution is 5.79. The van der Waals surface area contributed by atoms with Crippen molar-refractivity contribution in [3.05, 3.63) is 29.8 Å². The SMILES string of the molecule is CCNC(=NCCCOCCOC)NCCc1ccc(OCC(=O)NC2CC2)cc1. The van der Waals surface area contributed by atoms with Gasteiger partial charge in [0.05, 0.1) is 13.2 Å². The Bertz CT molecular complexity index is 633. The summed E-state index contributed by atoms with van der Waals surface area (Å²) in [7, 11) is 1.67. The van der Waals surface area contributed by atoms with Crippen LogP contribution < -0.4 is 20.7 Å². The standard InChI is InChI=1S/C22H36N4O4/c1-3-23-22(24-12-4-14-29-16-15-28-2)25-13-11-18-5-9-20(10-6-18)30-17-21(27)26-19-7-8-19/h5-6,9-10,19H,3-4,7-8,11-17H2,1-2H3,(H,26,27)(H2,23,24,25). The van der Waals surface area contributed by atoms with Gasteiger partial charge in [0, 0.05) is 39.4 Å². The monoisotopic (exact) mass is 420 g/mol. The van der Waals surface area contributed by atoms with Gasteiger partial charge in [0.25, 0.3) is 5.91 Å². The molecule has 1 aromatic carbocycles. The van der Waals surface area contributed by atoms with Crippen molar-refractivity contribution in [3.8, 4) is 5.75 Å². The van der Waals surface area contributed by atoms with E-state index in [2.05, 4.69) is 27.9 Å². The van der Waals surface area contributed by atoms with Gasteiger partial charge >= 0.3 is 0 Å². The molecule has 3 N–H and O–H groups in total. The number of carbonyl (C=O) groups is 1. The molecule has 0 saturated heterocycles. The van der Waals surface area contributed by atoms with Crippen LogP contribution in [-0.2, 0) is 20.7 Å². The summed E-state index contributed by atoms with van der Waals surface area (Å²) in [4.78, 5) is 16.2. The van der Waals surface area contributed by atoms with Crippen molar-refractivity contribution in [2.24, 2.45) is 4.99 Å². The number of ether oxygens (including phenoxy) is 3. The van der Waals surface area contributed by atoms with Crippen LogP contribution in [0.1, 0.15) is 31.7 Å². The molecule has 0 aliphatic heterocycles. The smallest absolute Gasteiger partial charge is 0.258 e. The number of amides is 1. The van der Waals surface area contributed by atoms with Crippen molar-refractivity contribution in [3.63, 3.8) is 0 Å². The van der Waals surface area contributed by atoms with Gasteiger partial charge in [-0.1, -0.05) is 12.1 Å². The Balaban J connectivity index is 1.62. The van der Waals surface area contributed by atoms with E-state index in [1.54, 1.807) is 7.11 Å². The van der Waals surface area contributed by atoms with E-state index in [0.29, 0.717) is 38.2 Å². The average molecular weight is 421 g/mol. The van der Waals surface area contributed by atoms with Crippen molar-refractivity contribution in [1.82, 2.24) is 16.0 Å². The fourth-order valence-electron chi connectivity index (χ4n) is 2.67. The van der Waals surface area contributed by atoms with E-state index in [-0.39, 0.29) is 12.5 Å². The second kappa shape index (κ2) is 14.6. The van der Waals surface area contributed by atoms with Gasteiger partial charge in [-0.05, 0) is 50.3 Å². The highest BCUT2D eigenvalue weighted by atomic mass is 16.5. The van der Waals surface area contributed by atoms with Gasteiger partial charge in [-0.2, -0.15) is 0 Å². The zero-order valence-electron chi connectivity index (χ0n) is 18.2. The molecule has 0 spiro atoms. The fraction of sp³-hybridized carbons (Fsp3) is 0.636. The summed E-state index contributed by atoms with van der Waals surface area (Å²) >= 11 is 0. The van der Waals surface area contributed by atoms with Crippen molar-refractivity contribution < 1.29 is 19.0 Å². The van der Waals surface area contributed by atoms with Crippen LogP contribution in [0.2, 0.25) is 0 Å². The Hall–Kier alpha value is -2.32. The third-order valence-electron chi connectivity index (χ3n) is 4.43. The van der Waals surface area contributed by atoms with Gasteiger partial charge in [-0.15, -0.1) is 0 Å². The molecule has 1 amide bonds. The summed E-state index contributed by atoms with van der Waals surface area (Å²) in [6.07, 6.45) is 3.91. The Labute approximate surface area is 179 Å². The van der Waals surface area contributed by atoms with Crippen LogP contribution in [0.4, 0.5) is 0 Å². The zero-order valence-corrected chi connectivity index (χ0v) is 18.2. The molecule has 0 bridgehead atoms. The molecule has 1 fully saturated rings. The lowest BCUT2D eigenvalue weighted by Crippen LogP contribution is -2.38. The van der Waals surface area contributed by atoms with Crippen molar-refractivity contribution in [2.75, 3.05) is 53.2 Å². The van der Waals surface area contributed by atoms with Crippen LogP contribution in [0.25, 0.3) is 0 Å². The average Bonchev–Trinajstić information content (AvgIpc) is 3.56. The molecule has 30 heavy (non-hydrogen) atoms. The van der Waals surface area contributed by atoms with Gasteiger partial charge in [-0.3, -0.25) is 9.79 Å². The van der Waals surface area contributed by atoms with Crippen LogP contribution >= 0.6 is 0 Å². The molecule has 1 saturated carbocycles. The maximum absolute atomic E-state index is 11.7. The van der Waals surface area contributed by atoms with E-state index in [9.17, 15) is 4.79 Å². The first-order valence-corrected chi connectivity index (χ1v) is 10.8. The quantitative estimate of drug-likeness (QED) is 0.226. The molecule has 1 aromatic rings. The predicted molar refractivity (Wildman–Crippen MR) is 118 cm³/mol. The zero-order chi connectivity index (χ0) is 21.4. The highest BCUT2D eigenvalue weighted by Crippen LogP contribution is 2.18. The molecule has 0 atom stereocenters. The summed E-state index contributed by atoms with van der Waals surface area (Å²) in [6.45, 7) is 6.35. The molecule has 0 heterocycles. The Morgan fingerprint density at radius 2 is 1.93 bits per heavy atom. The molecule has 0 unspecified atom stereocenters. The number of benzene rings is 1. The summed E-state index contributed by atoms with van der Waals surface area (Å²) < 4.78 is 15.9. The second-order valence-corrected chi connectivity index (χ2v) is 7.17. The topological polar surface area (TPSA) is 93.2 Å². The van der Waals surface area contributed by atoms with Gasteiger partial charge in [-0.25, -0.2) is 0 Å². The first kappa shape index (κ1) is 24.0. The van der Waals surface area contributed by atoms with E-state index in [1.807, 2.05) is 24.3 Å². The molecule has 0 aromatic heterocycles. The summed E-state index contributed by atoms with van der Waals surface area (Å²) in [5.41, 5.74) is 1.19. The molecule has 1 aliphatic carbocycles. The number of nitrogens with one attached hydrogen (secondary N) is 3. The Morgan fingerprint density at radius 3 is 2.63 bits per heavy atom. The van der Waals surface area contributed by atoms with Crippen LogP contribution in [0, 0.1) is 0 Å². The number of guanidine groups is 1. The second-order valence-electron chi connectivity index (χ2n) is 7.17. The number of hydrogen-bond donors (Lipinski definition) is 3. The van der Waals surface area contributed by atoms with Crippen LogP contribution in [-0.4, -0.2) is 71.1 Å². The van der Waals surface area contributed by atoms with E-state index < -0.39 is 0 Å². The third-order valence-corrected chi connectivity index (χ3v) is 4.43. The lowest BCUT2D eigenvalue weighted by atomic mass is 10.1. The Morgan fingerprint density at radius 1 is 1.13 bits per heavy atom. The van der Waals surface area contributed by atoms with E-state index in [4.69, 9.17) is 14.2 Å². The van der Waals surface area contributed by atoms with E-state index >= 15 is 0 Å². The lowest BCUT2D eigenvalue weighted by Gasteiger charge is -2.12. The molecule has 1 aliphatic rings. The van der Waals surface area contributed by atoms with Gasteiger partial charge in [0.1, 0.15) is 5.75 Å². The minimum Gasteiger partial charge on any atom is -0.484 e. The van der Waals surface area contributed by atoms with Gasteiger partial charge < -0.3 is 30.2 Å². The number of methoxy groups -OCH3 is 1. The fourth-order valence-corrected chi connectivity index (χ4v) is 2.67. The summed E-state index contributed by atoms with van der Waals surface area (Å²) in [5.74, 6) is 1.47.